The van der Waals surface area contributed by atoms with Crippen molar-refractivity contribution in [2.45, 2.75) is 24.9 Å². The normalized spacial score (nSPS) is 19.2. The van der Waals surface area contributed by atoms with Gasteiger partial charge >= 0.3 is 0 Å². The number of aromatic hydroxyl groups is 1. The summed E-state index contributed by atoms with van der Waals surface area (Å²) in [6, 6.07) is 4.54. The smallest absolute Gasteiger partial charge is 0.165 e. The number of benzene rings is 1. The van der Waals surface area contributed by atoms with Crippen LogP contribution in [0.2, 0.25) is 0 Å². The highest BCUT2D eigenvalue weighted by Crippen LogP contribution is 2.28. The number of methoxy groups -OCH3 is 1. The van der Waals surface area contributed by atoms with Crippen LogP contribution in [0.1, 0.15) is 18.4 Å². The molecule has 0 atom stereocenters. The summed E-state index contributed by atoms with van der Waals surface area (Å²) in [5, 5.41) is 12.4. The van der Waals surface area contributed by atoms with Crippen molar-refractivity contribution in [2.75, 3.05) is 20.2 Å². The third kappa shape index (κ3) is 2.76. The van der Waals surface area contributed by atoms with Gasteiger partial charge in [-0.1, -0.05) is 6.07 Å². The number of hydrogen-bond acceptors (Lipinski definition) is 3. The monoisotopic (exact) mass is 239 g/mol. The summed E-state index contributed by atoms with van der Waals surface area (Å²) >= 11 is 0. The highest BCUT2D eigenvalue weighted by atomic mass is 19.1. The number of hydrogen-bond donors (Lipinski definition) is 2. The number of phenols is 1. The Morgan fingerprint density at radius 1 is 1.41 bits per heavy atom. The van der Waals surface area contributed by atoms with Gasteiger partial charge in [-0.05, 0) is 43.6 Å². The third-order valence-electron chi connectivity index (χ3n) is 3.49. The van der Waals surface area contributed by atoms with Crippen molar-refractivity contribution in [3.05, 3.63) is 29.6 Å². The Balaban J connectivity index is 2.14. The van der Waals surface area contributed by atoms with Crippen molar-refractivity contribution >= 4 is 0 Å². The summed E-state index contributed by atoms with van der Waals surface area (Å²) in [5.74, 6) is -0.867. The molecule has 4 heteroatoms. The van der Waals surface area contributed by atoms with Crippen LogP contribution < -0.4 is 5.32 Å². The van der Waals surface area contributed by atoms with Crippen LogP contribution >= 0.6 is 0 Å². The maximum atomic E-state index is 13.3. The van der Waals surface area contributed by atoms with Crippen LogP contribution in [0.15, 0.2) is 18.2 Å². The SMILES string of the molecule is COC1(Cc2ccc(O)c(F)c2)CCNCC1. The van der Waals surface area contributed by atoms with E-state index < -0.39 is 5.82 Å². The molecule has 1 fully saturated rings. The summed E-state index contributed by atoms with van der Waals surface area (Å²) in [7, 11) is 1.71. The summed E-state index contributed by atoms with van der Waals surface area (Å²) < 4.78 is 18.9. The fourth-order valence-electron chi connectivity index (χ4n) is 2.37. The van der Waals surface area contributed by atoms with Crippen molar-refractivity contribution in [3.63, 3.8) is 0 Å². The molecule has 1 aliphatic heterocycles. The van der Waals surface area contributed by atoms with Gasteiger partial charge in [0, 0.05) is 13.5 Å². The molecule has 1 heterocycles. The highest BCUT2D eigenvalue weighted by Gasteiger charge is 2.32. The molecule has 1 aliphatic rings. The number of nitrogens with one attached hydrogen (secondary N) is 1. The Bertz CT molecular complexity index is 389. The molecule has 2 rings (SSSR count). The Hall–Kier alpha value is -1.13. The zero-order valence-electron chi connectivity index (χ0n) is 10.0. The lowest BCUT2D eigenvalue weighted by Crippen LogP contribution is -2.44. The van der Waals surface area contributed by atoms with Gasteiger partial charge in [-0.3, -0.25) is 0 Å². The van der Waals surface area contributed by atoms with Crippen LogP contribution in [0.3, 0.4) is 0 Å². The molecule has 0 unspecified atom stereocenters. The van der Waals surface area contributed by atoms with Crippen LogP contribution in [0.5, 0.6) is 5.75 Å². The van der Waals surface area contributed by atoms with E-state index in [-0.39, 0.29) is 11.4 Å². The van der Waals surface area contributed by atoms with Gasteiger partial charge in [0.25, 0.3) is 0 Å². The van der Waals surface area contributed by atoms with E-state index in [1.807, 2.05) is 0 Å². The lowest BCUT2D eigenvalue weighted by Gasteiger charge is -2.36. The highest BCUT2D eigenvalue weighted by molar-refractivity contribution is 5.29. The second-order valence-corrected chi connectivity index (χ2v) is 4.60. The summed E-state index contributed by atoms with van der Waals surface area (Å²) in [4.78, 5) is 0. The van der Waals surface area contributed by atoms with Gasteiger partial charge in [0.05, 0.1) is 5.60 Å². The van der Waals surface area contributed by atoms with Crippen LogP contribution in [0.25, 0.3) is 0 Å². The van der Waals surface area contributed by atoms with E-state index >= 15 is 0 Å². The molecule has 0 spiro atoms. The van der Waals surface area contributed by atoms with Crippen LogP contribution in [-0.4, -0.2) is 30.9 Å². The molecule has 1 aromatic carbocycles. The van der Waals surface area contributed by atoms with Crippen molar-refractivity contribution in [3.8, 4) is 5.75 Å². The number of rotatable bonds is 3. The standard InChI is InChI=1S/C13H18FNO2/c1-17-13(4-6-15-7-5-13)9-10-2-3-12(16)11(14)8-10/h2-3,8,15-16H,4-7,9H2,1H3. The Morgan fingerprint density at radius 2 is 2.12 bits per heavy atom. The van der Waals surface area contributed by atoms with Crippen LogP contribution in [0, 0.1) is 5.82 Å². The Morgan fingerprint density at radius 3 is 2.71 bits per heavy atom. The number of ether oxygens (including phenoxy) is 1. The van der Waals surface area contributed by atoms with E-state index in [0.717, 1.165) is 31.5 Å². The van der Waals surface area contributed by atoms with Crippen LogP contribution in [0.4, 0.5) is 4.39 Å². The Labute approximate surface area is 101 Å². The maximum absolute atomic E-state index is 13.3. The number of phenolic OH excluding ortho intramolecular Hbond substituents is 1. The van der Waals surface area contributed by atoms with E-state index in [4.69, 9.17) is 9.84 Å². The minimum atomic E-state index is -0.567. The molecule has 94 valence electrons. The minimum absolute atomic E-state index is 0.200. The molecular formula is C13H18FNO2. The lowest BCUT2D eigenvalue weighted by molar-refractivity contribution is -0.0334. The predicted octanol–water partition coefficient (Wildman–Crippen LogP) is 1.84. The van der Waals surface area contributed by atoms with Gasteiger partial charge in [0.2, 0.25) is 0 Å². The first-order chi connectivity index (χ1) is 8.15. The molecule has 1 aromatic rings. The molecule has 0 radical (unpaired) electrons. The molecular weight excluding hydrogens is 221 g/mol. The van der Waals surface area contributed by atoms with Crippen LogP contribution in [-0.2, 0) is 11.2 Å². The Kier molecular flexibility index (Phi) is 3.64. The molecule has 0 bridgehead atoms. The van der Waals surface area contributed by atoms with Crippen molar-refractivity contribution < 1.29 is 14.2 Å². The summed E-state index contributed by atoms with van der Waals surface area (Å²) in [6.45, 7) is 1.85. The van der Waals surface area contributed by atoms with E-state index in [9.17, 15) is 4.39 Å². The second kappa shape index (κ2) is 5.02. The number of piperidine rings is 1. The summed E-state index contributed by atoms with van der Waals surface area (Å²) in [5.41, 5.74) is 0.665. The molecule has 0 aromatic heterocycles. The summed E-state index contributed by atoms with van der Waals surface area (Å²) in [6.07, 6.45) is 2.53. The average Bonchev–Trinajstić information content (AvgIpc) is 2.35. The van der Waals surface area contributed by atoms with E-state index in [0.29, 0.717) is 6.42 Å². The van der Waals surface area contributed by atoms with Crippen molar-refractivity contribution in [1.82, 2.24) is 5.32 Å². The molecule has 3 nitrogen and oxygen atoms in total. The van der Waals surface area contributed by atoms with Crippen molar-refractivity contribution in [1.29, 1.82) is 0 Å². The first-order valence-corrected chi connectivity index (χ1v) is 5.88. The number of halogens is 1. The molecule has 2 N–H and O–H groups in total. The zero-order valence-corrected chi connectivity index (χ0v) is 10.0. The van der Waals surface area contributed by atoms with E-state index in [1.165, 1.54) is 12.1 Å². The van der Waals surface area contributed by atoms with Gasteiger partial charge in [0.1, 0.15) is 0 Å². The first kappa shape index (κ1) is 12.3. The maximum Gasteiger partial charge on any atom is 0.165 e. The molecule has 17 heavy (non-hydrogen) atoms. The molecule has 1 saturated heterocycles. The van der Waals surface area contributed by atoms with Gasteiger partial charge in [-0.25, -0.2) is 4.39 Å². The lowest BCUT2D eigenvalue weighted by atomic mass is 9.85. The third-order valence-corrected chi connectivity index (χ3v) is 3.49. The van der Waals surface area contributed by atoms with Gasteiger partial charge in [0.15, 0.2) is 11.6 Å². The molecule has 0 saturated carbocycles. The predicted molar refractivity (Wildman–Crippen MR) is 63.6 cm³/mol. The quantitative estimate of drug-likeness (QED) is 0.845. The fraction of sp³-hybridized carbons (Fsp3) is 0.538. The van der Waals surface area contributed by atoms with E-state index in [1.54, 1.807) is 13.2 Å². The van der Waals surface area contributed by atoms with Crippen molar-refractivity contribution in [2.24, 2.45) is 0 Å². The van der Waals surface area contributed by atoms with E-state index in [2.05, 4.69) is 5.32 Å². The van der Waals surface area contributed by atoms with Gasteiger partial charge < -0.3 is 15.2 Å². The topological polar surface area (TPSA) is 41.5 Å². The fourth-order valence-corrected chi connectivity index (χ4v) is 2.37. The largest absolute Gasteiger partial charge is 0.505 e. The average molecular weight is 239 g/mol. The molecule has 0 aliphatic carbocycles. The zero-order chi connectivity index (χ0) is 12.3. The molecule has 0 amide bonds. The second-order valence-electron chi connectivity index (χ2n) is 4.60. The van der Waals surface area contributed by atoms with Gasteiger partial charge in [-0.2, -0.15) is 0 Å². The first-order valence-electron chi connectivity index (χ1n) is 5.88. The minimum Gasteiger partial charge on any atom is -0.505 e. The van der Waals surface area contributed by atoms with Gasteiger partial charge in [-0.15, -0.1) is 0 Å².